The first kappa shape index (κ1) is 8.14. The van der Waals surface area contributed by atoms with E-state index in [4.69, 9.17) is 0 Å². The molecule has 8 heteroatoms. The third-order valence-corrected chi connectivity index (χ3v) is 1.61. The van der Waals surface area contributed by atoms with Crippen molar-refractivity contribution in [1.29, 1.82) is 0 Å². The average molecular weight is 158 g/mol. The molecule has 0 amide bonds. The van der Waals surface area contributed by atoms with Crippen molar-refractivity contribution < 1.29 is 17.5 Å². The highest BCUT2D eigenvalue weighted by Crippen LogP contribution is 1.82. The molecule has 0 aromatic carbocycles. The van der Waals surface area contributed by atoms with Gasteiger partial charge in [-0.15, -0.1) is 0 Å². The monoisotopic (exact) mass is 158 g/mol. The van der Waals surface area contributed by atoms with Gasteiger partial charge in [0.1, 0.15) is 0 Å². The van der Waals surface area contributed by atoms with Gasteiger partial charge < -0.3 is 9.11 Å². The van der Waals surface area contributed by atoms with Gasteiger partial charge in [-0.2, -0.15) is 0 Å². The fourth-order valence-electron chi connectivity index (χ4n) is 0.0497. The molecule has 0 aliphatic carbocycles. The second-order valence-corrected chi connectivity index (χ2v) is 2.61. The van der Waals surface area contributed by atoms with E-state index in [9.17, 15) is 17.5 Å². The molecule has 0 aliphatic rings. The van der Waals surface area contributed by atoms with Gasteiger partial charge in [-0.1, -0.05) is 3.82 Å². The number of hydrogen-bond acceptors (Lipinski definition) is 5. The molecule has 2 unspecified atom stereocenters. The normalized spacial score (nSPS) is 18.5. The molecule has 0 saturated carbocycles. The molecule has 2 N–H and O–H groups in total. The van der Waals surface area contributed by atoms with Crippen LogP contribution >= 0.6 is 0 Å². The minimum absolute atomic E-state index is 0.333. The number of hydrogen-bond donors (Lipinski definition) is 1. The highest BCUT2D eigenvalue weighted by molar-refractivity contribution is 7.92. The van der Waals surface area contributed by atoms with Crippen LogP contribution in [-0.2, 0) is 22.5 Å². The molecule has 0 bridgehead atoms. The Balaban J connectivity index is 3.83. The van der Waals surface area contributed by atoms with Crippen molar-refractivity contribution in [3.8, 4) is 0 Å². The van der Waals surface area contributed by atoms with Gasteiger partial charge in [0.2, 0.25) is 0 Å². The Morgan fingerprint density at radius 2 is 1.50 bits per heavy atom. The molecule has 0 aromatic heterocycles. The van der Waals surface area contributed by atoms with E-state index < -0.39 is 22.5 Å². The smallest absolute Gasteiger partial charge is 0.0471 e. The zero-order chi connectivity index (χ0) is 6.73. The Morgan fingerprint density at radius 3 is 1.50 bits per heavy atom. The predicted octanol–water partition coefficient (Wildman–Crippen LogP) is -2.25. The van der Waals surface area contributed by atoms with Crippen LogP contribution < -0.4 is 5.84 Å². The van der Waals surface area contributed by atoms with Crippen molar-refractivity contribution in [2.45, 2.75) is 0 Å². The molecule has 0 heterocycles. The zero-order valence-electron chi connectivity index (χ0n) is 3.47. The summed E-state index contributed by atoms with van der Waals surface area (Å²) >= 11 is -5.78. The molecule has 0 radical (unpaired) electrons. The summed E-state index contributed by atoms with van der Waals surface area (Å²) in [7, 11) is 0. The third-order valence-electron chi connectivity index (χ3n) is 0.294. The molecule has 0 fully saturated rings. The summed E-state index contributed by atoms with van der Waals surface area (Å²) < 4.78 is 37.9. The Hall–Kier alpha value is 0.140. The van der Waals surface area contributed by atoms with E-state index in [0.29, 0.717) is 0 Å². The van der Waals surface area contributed by atoms with Crippen LogP contribution in [0.4, 0.5) is 0 Å². The second-order valence-electron chi connectivity index (χ2n) is 0.720. The first-order valence-electron chi connectivity index (χ1n) is 1.29. The maximum atomic E-state index is 9.55. The van der Waals surface area contributed by atoms with Crippen LogP contribution in [0.1, 0.15) is 0 Å². The quantitative estimate of drug-likeness (QED) is 0.277. The molecule has 2 atom stereocenters. The third kappa shape index (κ3) is 2.45. The molecular formula is H2N2O4S2-2. The summed E-state index contributed by atoms with van der Waals surface area (Å²) in [5, 5.41) is 0. The molecule has 50 valence electrons. The van der Waals surface area contributed by atoms with E-state index in [0.717, 1.165) is 0 Å². The molecule has 0 rings (SSSR count). The van der Waals surface area contributed by atoms with E-state index in [1.54, 1.807) is 0 Å². The number of rotatable bonds is 2. The standard InChI is InChI=1S/H4N2O4S2/c1-2(7(3)4)8(5)6/h1H2,(H,3,4)(H,5,6)/p-2. The molecular weight excluding hydrogens is 156 g/mol. The number of hydrazine groups is 1. The molecule has 0 spiro atoms. The van der Waals surface area contributed by atoms with Gasteiger partial charge in [-0.3, -0.25) is 8.42 Å². The molecule has 0 saturated heterocycles. The lowest BCUT2D eigenvalue weighted by Gasteiger charge is -2.18. The van der Waals surface area contributed by atoms with Crippen molar-refractivity contribution in [3.05, 3.63) is 0 Å². The highest BCUT2D eigenvalue weighted by Gasteiger charge is 1.93. The molecule has 6 nitrogen and oxygen atoms in total. The van der Waals surface area contributed by atoms with Crippen molar-refractivity contribution in [1.82, 2.24) is 3.82 Å². The number of nitrogens with zero attached hydrogens (tertiary/aromatic N) is 1. The first-order valence-corrected chi connectivity index (χ1v) is 3.35. The van der Waals surface area contributed by atoms with E-state index >= 15 is 0 Å². The lowest BCUT2D eigenvalue weighted by atomic mass is 13.0. The molecule has 0 aromatic rings. The number of nitrogens with two attached hydrogens (primary N) is 1. The maximum Gasteiger partial charge on any atom is 0.0471 e. The SMILES string of the molecule is NN(S(=O)[O-])S(=O)[O-]. The van der Waals surface area contributed by atoms with Gasteiger partial charge in [-0.05, 0) is 0 Å². The Bertz CT molecular complexity index is 107. The van der Waals surface area contributed by atoms with Gasteiger partial charge in [0.25, 0.3) is 0 Å². The predicted molar refractivity (Wildman–Crippen MR) is 23.9 cm³/mol. The van der Waals surface area contributed by atoms with Crippen LogP contribution in [0.15, 0.2) is 0 Å². The topological polar surface area (TPSA) is 110 Å². The fourth-order valence-corrected chi connectivity index (χ4v) is 0.447. The van der Waals surface area contributed by atoms with Crippen LogP contribution in [-0.4, -0.2) is 21.3 Å². The van der Waals surface area contributed by atoms with Crippen LogP contribution in [0, 0.1) is 0 Å². The van der Waals surface area contributed by atoms with Gasteiger partial charge in [0.05, 0.1) is 0 Å². The Kier molecular flexibility index (Phi) is 3.28. The highest BCUT2D eigenvalue weighted by atomic mass is 32.3. The van der Waals surface area contributed by atoms with Gasteiger partial charge in [-0.25, -0.2) is 5.84 Å². The van der Waals surface area contributed by atoms with Crippen LogP contribution in [0.5, 0.6) is 0 Å². The van der Waals surface area contributed by atoms with E-state index in [1.807, 2.05) is 0 Å². The van der Waals surface area contributed by atoms with Crippen molar-refractivity contribution in [3.63, 3.8) is 0 Å². The van der Waals surface area contributed by atoms with Gasteiger partial charge in [0, 0.05) is 22.5 Å². The largest absolute Gasteiger partial charge is 0.758 e. The van der Waals surface area contributed by atoms with Crippen LogP contribution in [0.2, 0.25) is 0 Å². The Morgan fingerprint density at radius 1 is 1.25 bits per heavy atom. The lowest BCUT2D eigenvalue weighted by molar-refractivity contribution is 0.449. The van der Waals surface area contributed by atoms with E-state index in [2.05, 4.69) is 5.84 Å². The minimum Gasteiger partial charge on any atom is -0.758 e. The zero-order valence-corrected chi connectivity index (χ0v) is 5.11. The summed E-state index contributed by atoms with van der Waals surface area (Å²) in [4.78, 5) is 0. The molecule has 8 heavy (non-hydrogen) atoms. The summed E-state index contributed by atoms with van der Waals surface area (Å²) in [6, 6.07) is 0. The Labute approximate surface area is 50.5 Å². The van der Waals surface area contributed by atoms with Crippen LogP contribution in [0.3, 0.4) is 0 Å². The average Bonchev–Trinajstić information content (AvgIpc) is 1.64. The maximum absolute atomic E-state index is 9.55. The minimum atomic E-state index is -2.89. The van der Waals surface area contributed by atoms with Crippen LogP contribution in [0.25, 0.3) is 0 Å². The van der Waals surface area contributed by atoms with Crippen molar-refractivity contribution >= 4 is 22.5 Å². The summed E-state index contributed by atoms with van der Waals surface area (Å²) in [5.41, 5.74) is 0. The first-order chi connectivity index (χ1) is 3.55. The van der Waals surface area contributed by atoms with E-state index in [1.165, 1.54) is 0 Å². The lowest BCUT2D eigenvalue weighted by Crippen LogP contribution is -2.34. The van der Waals surface area contributed by atoms with Gasteiger partial charge in [0.15, 0.2) is 0 Å². The molecule has 0 aliphatic heterocycles. The van der Waals surface area contributed by atoms with E-state index in [-0.39, 0.29) is 3.82 Å². The van der Waals surface area contributed by atoms with Gasteiger partial charge >= 0.3 is 0 Å². The van der Waals surface area contributed by atoms with Crippen molar-refractivity contribution in [2.75, 3.05) is 0 Å². The summed E-state index contributed by atoms with van der Waals surface area (Å²) in [6.45, 7) is 0. The second kappa shape index (κ2) is 3.22. The fraction of sp³-hybridized carbons (Fsp3) is 0. The van der Waals surface area contributed by atoms with Crippen molar-refractivity contribution in [2.24, 2.45) is 5.84 Å². The summed E-state index contributed by atoms with van der Waals surface area (Å²) in [5.74, 6) is 4.37. The summed E-state index contributed by atoms with van der Waals surface area (Å²) in [6.07, 6.45) is 0.